The summed E-state index contributed by atoms with van der Waals surface area (Å²) in [5.74, 6) is -0.491. The summed E-state index contributed by atoms with van der Waals surface area (Å²) in [6.45, 7) is 7.92. The van der Waals surface area contributed by atoms with Gasteiger partial charge in [0.25, 0.3) is 0 Å². The Labute approximate surface area is 232 Å². The van der Waals surface area contributed by atoms with Gasteiger partial charge in [0.1, 0.15) is 12.6 Å². The highest BCUT2D eigenvalue weighted by molar-refractivity contribution is 7.92. The second-order valence-electron chi connectivity index (χ2n) is 10.4. The lowest BCUT2D eigenvalue weighted by Gasteiger charge is -2.34. The number of hydrogen-bond acceptors (Lipinski definition) is 4. The van der Waals surface area contributed by atoms with Gasteiger partial charge < -0.3 is 10.2 Å². The van der Waals surface area contributed by atoms with Gasteiger partial charge in [-0.15, -0.1) is 0 Å². The molecule has 0 aliphatic carbocycles. The summed E-state index contributed by atoms with van der Waals surface area (Å²) in [4.78, 5) is 29.2. The van der Waals surface area contributed by atoms with Crippen LogP contribution in [0.25, 0.3) is 0 Å². The van der Waals surface area contributed by atoms with Crippen molar-refractivity contribution in [2.45, 2.75) is 46.7 Å². The predicted molar refractivity (Wildman–Crippen MR) is 157 cm³/mol. The summed E-state index contributed by atoms with van der Waals surface area (Å²) in [5.41, 5.74) is 3.83. The Morgan fingerprint density at radius 2 is 1.46 bits per heavy atom. The van der Waals surface area contributed by atoms with E-state index in [1.54, 1.807) is 6.07 Å². The fourth-order valence-electron chi connectivity index (χ4n) is 4.34. The molecule has 0 aliphatic heterocycles. The van der Waals surface area contributed by atoms with Gasteiger partial charge in [0.15, 0.2) is 0 Å². The zero-order valence-electron chi connectivity index (χ0n) is 23.4. The second-order valence-corrected chi connectivity index (χ2v) is 12.3. The number of anilines is 1. The van der Waals surface area contributed by atoms with Crippen molar-refractivity contribution in [1.82, 2.24) is 10.2 Å². The van der Waals surface area contributed by atoms with Crippen LogP contribution < -0.4 is 9.62 Å². The van der Waals surface area contributed by atoms with Crippen molar-refractivity contribution < 1.29 is 18.0 Å². The van der Waals surface area contributed by atoms with E-state index in [0.717, 1.165) is 32.8 Å². The summed E-state index contributed by atoms with van der Waals surface area (Å²) >= 11 is 0. The van der Waals surface area contributed by atoms with E-state index in [9.17, 15) is 18.0 Å². The first kappa shape index (κ1) is 29.9. The molecule has 3 aromatic rings. The maximum absolute atomic E-state index is 14.1. The molecule has 8 heteroatoms. The van der Waals surface area contributed by atoms with E-state index in [-0.39, 0.29) is 18.4 Å². The SMILES string of the molecule is Cc1ccc(C)c(N(CC(=O)N(Cc2ccccc2)[C@H](Cc2ccccc2)C(=O)NCC(C)C)S(C)(=O)=O)c1. The van der Waals surface area contributed by atoms with Crippen LogP contribution in [0.15, 0.2) is 78.9 Å². The Hall–Kier alpha value is -3.65. The van der Waals surface area contributed by atoms with E-state index in [1.165, 1.54) is 4.90 Å². The minimum absolute atomic E-state index is 0.163. The number of hydrogen-bond donors (Lipinski definition) is 1. The molecule has 1 atom stereocenters. The molecular formula is C31H39N3O4S. The highest BCUT2D eigenvalue weighted by Crippen LogP contribution is 2.25. The number of carbonyl (C=O) groups is 2. The van der Waals surface area contributed by atoms with Crippen LogP contribution in [0.5, 0.6) is 0 Å². The van der Waals surface area contributed by atoms with E-state index in [4.69, 9.17) is 0 Å². The molecule has 3 rings (SSSR count). The number of benzene rings is 3. The number of rotatable bonds is 12. The van der Waals surface area contributed by atoms with E-state index < -0.39 is 28.5 Å². The molecule has 0 fully saturated rings. The van der Waals surface area contributed by atoms with Crippen LogP contribution in [-0.2, 0) is 32.6 Å². The van der Waals surface area contributed by atoms with Gasteiger partial charge in [0, 0.05) is 19.5 Å². The zero-order valence-corrected chi connectivity index (χ0v) is 24.2. The summed E-state index contributed by atoms with van der Waals surface area (Å²) in [6, 6.07) is 23.6. The third-order valence-electron chi connectivity index (χ3n) is 6.46. The summed E-state index contributed by atoms with van der Waals surface area (Å²) < 4.78 is 27.1. The van der Waals surface area contributed by atoms with Gasteiger partial charge in [-0.05, 0) is 48.1 Å². The van der Waals surface area contributed by atoms with Gasteiger partial charge in [-0.25, -0.2) is 8.42 Å². The third kappa shape index (κ3) is 8.68. The van der Waals surface area contributed by atoms with E-state index in [0.29, 0.717) is 18.7 Å². The Morgan fingerprint density at radius 1 is 0.872 bits per heavy atom. The number of carbonyl (C=O) groups excluding carboxylic acids is 2. The number of nitrogens with one attached hydrogen (secondary N) is 1. The number of amides is 2. The van der Waals surface area contributed by atoms with Gasteiger partial charge in [0.05, 0.1) is 11.9 Å². The number of nitrogens with zero attached hydrogens (tertiary/aromatic N) is 2. The first-order valence-electron chi connectivity index (χ1n) is 13.2. The van der Waals surface area contributed by atoms with Crippen LogP contribution in [0.2, 0.25) is 0 Å². The van der Waals surface area contributed by atoms with Gasteiger partial charge >= 0.3 is 0 Å². The molecular weight excluding hydrogens is 510 g/mol. The smallest absolute Gasteiger partial charge is 0.244 e. The van der Waals surface area contributed by atoms with E-state index >= 15 is 0 Å². The van der Waals surface area contributed by atoms with E-state index in [1.807, 2.05) is 100 Å². The highest BCUT2D eigenvalue weighted by Gasteiger charge is 2.33. The van der Waals surface area contributed by atoms with Crippen LogP contribution in [0.1, 0.15) is 36.1 Å². The van der Waals surface area contributed by atoms with Crippen molar-refractivity contribution in [3.8, 4) is 0 Å². The minimum atomic E-state index is -3.80. The molecule has 0 heterocycles. The molecule has 0 spiro atoms. The van der Waals surface area contributed by atoms with Crippen molar-refractivity contribution >= 4 is 27.5 Å². The van der Waals surface area contributed by atoms with Crippen LogP contribution >= 0.6 is 0 Å². The lowest BCUT2D eigenvalue weighted by Crippen LogP contribution is -2.53. The maximum Gasteiger partial charge on any atom is 0.244 e. The molecule has 0 aromatic heterocycles. The second kappa shape index (κ2) is 13.4. The van der Waals surface area contributed by atoms with Crippen LogP contribution in [0.3, 0.4) is 0 Å². The predicted octanol–water partition coefficient (Wildman–Crippen LogP) is 4.48. The first-order chi connectivity index (χ1) is 18.5. The highest BCUT2D eigenvalue weighted by atomic mass is 32.2. The fraction of sp³-hybridized carbons (Fsp3) is 0.355. The molecule has 0 aliphatic rings. The molecule has 1 N–H and O–H groups in total. The minimum Gasteiger partial charge on any atom is -0.354 e. The maximum atomic E-state index is 14.1. The lowest BCUT2D eigenvalue weighted by molar-refractivity contribution is -0.140. The zero-order chi connectivity index (χ0) is 28.6. The summed E-state index contributed by atoms with van der Waals surface area (Å²) in [6.07, 6.45) is 1.39. The van der Waals surface area contributed by atoms with Gasteiger partial charge in [-0.1, -0.05) is 86.6 Å². The Balaban J connectivity index is 2.05. The molecule has 7 nitrogen and oxygen atoms in total. The molecule has 3 aromatic carbocycles. The van der Waals surface area contributed by atoms with Crippen molar-refractivity contribution in [2.24, 2.45) is 5.92 Å². The normalized spacial score (nSPS) is 12.2. The van der Waals surface area contributed by atoms with Crippen molar-refractivity contribution in [1.29, 1.82) is 0 Å². The molecule has 0 unspecified atom stereocenters. The first-order valence-corrected chi connectivity index (χ1v) is 15.0. The van der Waals surface area contributed by atoms with Crippen molar-refractivity contribution in [3.63, 3.8) is 0 Å². The third-order valence-corrected chi connectivity index (χ3v) is 7.59. The van der Waals surface area contributed by atoms with Gasteiger partial charge in [0.2, 0.25) is 21.8 Å². The lowest BCUT2D eigenvalue weighted by atomic mass is 10.0. The van der Waals surface area contributed by atoms with Crippen molar-refractivity contribution in [2.75, 3.05) is 23.7 Å². The number of aryl methyl sites for hydroxylation is 2. The van der Waals surface area contributed by atoms with Crippen molar-refractivity contribution in [3.05, 3.63) is 101 Å². The molecule has 0 saturated heterocycles. The van der Waals surface area contributed by atoms with Crippen LogP contribution in [-0.4, -0.2) is 50.5 Å². The monoisotopic (exact) mass is 549 g/mol. The van der Waals surface area contributed by atoms with Crippen LogP contribution in [0.4, 0.5) is 5.69 Å². The molecule has 0 radical (unpaired) electrons. The van der Waals surface area contributed by atoms with Gasteiger partial charge in [-0.3, -0.25) is 13.9 Å². The van der Waals surface area contributed by atoms with Gasteiger partial charge in [-0.2, -0.15) is 0 Å². The fourth-order valence-corrected chi connectivity index (χ4v) is 5.24. The summed E-state index contributed by atoms with van der Waals surface area (Å²) in [5, 5.41) is 2.99. The largest absolute Gasteiger partial charge is 0.354 e. The van der Waals surface area contributed by atoms with E-state index in [2.05, 4.69) is 5.32 Å². The summed E-state index contributed by atoms with van der Waals surface area (Å²) in [7, 11) is -3.80. The Morgan fingerprint density at radius 3 is 2.03 bits per heavy atom. The average Bonchev–Trinajstić information content (AvgIpc) is 2.89. The molecule has 2 amide bonds. The molecule has 208 valence electrons. The molecule has 39 heavy (non-hydrogen) atoms. The Bertz CT molecular complexity index is 1360. The Kier molecular flexibility index (Phi) is 10.3. The molecule has 0 bridgehead atoms. The topological polar surface area (TPSA) is 86.8 Å². The van der Waals surface area contributed by atoms with Crippen LogP contribution in [0, 0.1) is 19.8 Å². The average molecular weight is 550 g/mol. The number of sulfonamides is 1. The standard InChI is InChI=1S/C31H39N3O4S/c1-23(2)20-32-31(36)29(19-26-12-8-6-9-13-26)33(21-27-14-10-7-11-15-27)30(35)22-34(39(5,37)38)28-18-24(3)16-17-25(28)4/h6-18,23,29H,19-22H2,1-5H3,(H,32,36)/t29-/m1/s1. The molecule has 0 saturated carbocycles. The quantitative estimate of drug-likeness (QED) is 0.361.